The van der Waals surface area contributed by atoms with Crippen molar-refractivity contribution in [3.63, 3.8) is 0 Å². The average Bonchev–Trinajstić information content (AvgIpc) is 2.76. The summed E-state index contributed by atoms with van der Waals surface area (Å²) in [4.78, 5) is 16.4. The number of carbonyl (C=O) groups is 1. The van der Waals surface area contributed by atoms with Crippen molar-refractivity contribution in [3.05, 3.63) is 29.8 Å². The minimum absolute atomic E-state index is 0.116. The van der Waals surface area contributed by atoms with Crippen LogP contribution in [0, 0.1) is 5.82 Å². The second-order valence-corrected chi connectivity index (χ2v) is 5.31. The topological polar surface area (TPSA) is 46.9 Å². The lowest BCUT2D eigenvalue weighted by Crippen LogP contribution is -2.31. The normalized spacial score (nSPS) is 14.2. The molecule has 108 valence electrons. The fourth-order valence-electron chi connectivity index (χ4n) is 2.22. The highest BCUT2D eigenvalue weighted by Gasteiger charge is 2.23. The SMILES string of the molecule is CCNC(=O)C(C)n1c(C(C)Cl)nc2cc(F)ccc21. The second kappa shape index (κ2) is 5.79. The van der Waals surface area contributed by atoms with Gasteiger partial charge in [-0.1, -0.05) is 0 Å². The van der Waals surface area contributed by atoms with Gasteiger partial charge in [0.2, 0.25) is 5.91 Å². The number of benzene rings is 1. The zero-order valence-electron chi connectivity index (χ0n) is 11.7. The Morgan fingerprint density at radius 2 is 2.20 bits per heavy atom. The number of amides is 1. The molecule has 1 aromatic carbocycles. The highest BCUT2D eigenvalue weighted by Crippen LogP contribution is 2.28. The van der Waals surface area contributed by atoms with Crippen molar-refractivity contribution >= 4 is 28.5 Å². The molecule has 0 aliphatic heterocycles. The summed E-state index contributed by atoms with van der Waals surface area (Å²) in [5.41, 5.74) is 1.20. The Labute approximate surface area is 121 Å². The summed E-state index contributed by atoms with van der Waals surface area (Å²) in [7, 11) is 0. The number of nitrogens with one attached hydrogen (secondary N) is 1. The molecule has 2 atom stereocenters. The highest BCUT2D eigenvalue weighted by molar-refractivity contribution is 6.20. The van der Waals surface area contributed by atoms with Gasteiger partial charge in [0.1, 0.15) is 17.7 Å². The molecule has 0 radical (unpaired) electrons. The molecule has 1 amide bonds. The molecule has 2 unspecified atom stereocenters. The molecule has 20 heavy (non-hydrogen) atoms. The first-order valence-electron chi connectivity index (χ1n) is 6.54. The number of aromatic nitrogens is 2. The Morgan fingerprint density at radius 3 is 2.80 bits per heavy atom. The minimum Gasteiger partial charge on any atom is -0.355 e. The second-order valence-electron chi connectivity index (χ2n) is 4.66. The van der Waals surface area contributed by atoms with Crippen LogP contribution in [0.15, 0.2) is 18.2 Å². The third-order valence-electron chi connectivity index (χ3n) is 3.15. The predicted octanol–water partition coefficient (Wildman–Crippen LogP) is 3.17. The average molecular weight is 298 g/mol. The quantitative estimate of drug-likeness (QED) is 0.881. The molecule has 1 heterocycles. The molecule has 6 heteroatoms. The summed E-state index contributed by atoms with van der Waals surface area (Å²) in [6.45, 7) is 5.96. The van der Waals surface area contributed by atoms with Crippen molar-refractivity contribution in [1.29, 1.82) is 0 Å². The fourth-order valence-corrected chi connectivity index (χ4v) is 2.37. The van der Waals surface area contributed by atoms with Gasteiger partial charge in [-0.05, 0) is 32.9 Å². The number of rotatable bonds is 4. The first-order valence-corrected chi connectivity index (χ1v) is 6.98. The standard InChI is InChI=1S/C14H17ClFN3O/c1-4-17-14(20)9(3)19-12-6-5-10(16)7-11(12)18-13(19)8(2)15/h5-9H,4H2,1-3H3,(H,17,20). The van der Waals surface area contributed by atoms with E-state index >= 15 is 0 Å². The Bertz CT molecular complexity index is 639. The van der Waals surface area contributed by atoms with Crippen LogP contribution in [0.2, 0.25) is 0 Å². The lowest BCUT2D eigenvalue weighted by molar-refractivity contribution is -0.123. The number of fused-ring (bicyclic) bond motifs is 1. The predicted molar refractivity (Wildman–Crippen MR) is 77.4 cm³/mol. The first-order chi connectivity index (χ1) is 9.45. The van der Waals surface area contributed by atoms with Crippen LogP contribution in [-0.4, -0.2) is 22.0 Å². The number of alkyl halides is 1. The van der Waals surface area contributed by atoms with Gasteiger partial charge in [-0.3, -0.25) is 4.79 Å². The largest absolute Gasteiger partial charge is 0.355 e. The molecule has 1 aromatic heterocycles. The fraction of sp³-hybridized carbons (Fsp3) is 0.429. The third-order valence-corrected chi connectivity index (χ3v) is 3.35. The third kappa shape index (κ3) is 2.63. The van der Waals surface area contributed by atoms with E-state index in [0.29, 0.717) is 23.4 Å². The monoisotopic (exact) mass is 297 g/mol. The van der Waals surface area contributed by atoms with Gasteiger partial charge in [0.25, 0.3) is 0 Å². The molecule has 4 nitrogen and oxygen atoms in total. The highest BCUT2D eigenvalue weighted by atomic mass is 35.5. The molecule has 0 saturated carbocycles. The van der Waals surface area contributed by atoms with Gasteiger partial charge in [-0.15, -0.1) is 11.6 Å². The van der Waals surface area contributed by atoms with Crippen LogP contribution in [-0.2, 0) is 4.79 Å². The first kappa shape index (κ1) is 14.8. The van der Waals surface area contributed by atoms with Gasteiger partial charge in [0, 0.05) is 12.6 Å². The number of nitrogens with zero attached hydrogens (tertiary/aromatic N) is 2. The van der Waals surface area contributed by atoms with Crippen LogP contribution < -0.4 is 5.32 Å². The number of likely N-dealkylation sites (N-methyl/N-ethyl adjacent to an activating group) is 1. The molecule has 0 aliphatic carbocycles. The summed E-state index contributed by atoms with van der Waals surface area (Å²) < 4.78 is 15.1. The van der Waals surface area contributed by atoms with Crippen molar-refractivity contribution < 1.29 is 9.18 Å². The van der Waals surface area contributed by atoms with Crippen molar-refractivity contribution in [2.75, 3.05) is 6.54 Å². The lowest BCUT2D eigenvalue weighted by Gasteiger charge is -2.17. The zero-order chi connectivity index (χ0) is 14.9. The van der Waals surface area contributed by atoms with Crippen LogP contribution in [0.3, 0.4) is 0 Å². The van der Waals surface area contributed by atoms with Crippen molar-refractivity contribution in [3.8, 4) is 0 Å². The molecule has 0 bridgehead atoms. The maximum atomic E-state index is 13.3. The summed E-state index contributed by atoms with van der Waals surface area (Å²) in [5.74, 6) is 0.0855. The van der Waals surface area contributed by atoms with Crippen LogP contribution in [0.25, 0.3) is 11.0 Å². The van der Waals surface area contributed by atoms with Gasteiger partial charge in [-0.2, -0.15) is 0 Å². The summed E-state index contributed by atoms with van der Waals surface area (Å²) >= 11 is 6.14. The van der Waals surface area contributed by atoms with E-state index in [4.69, 9.17) is 11.6 Å². The number of imidazole rings is 1. The van der Waals surface area contributed by atoms with E-state index in [1.165, 1.54) is 12.1 Å². The number of carbonyl (C=O) groups excluding carboxylic acids is 1. The van der Waals surface area contributed by atoms with E-state index in [9.17, 15) is 9.18 Å². The lowest BCUT2D eigenvalue weighted by atomic mass is 10.2. The molecular weight excluding hydrogens is 281 g/mol. The molecule has 0 saturated heterocycles. The Kier molecular flexibility index (Phi) is 4.28. The van der Waals surface area contributed by atoms with Crippen LogP contribution in [0.1, 0.15) is 38.0 Å². The van der Waals surface area contributed by atoms with Crippen molar-refractivity contribution in [2.24, 2.45) is 0 Å². The molecule has 1 N–H and O–H groups in total. The van der Waals surface area contributed by atoms with Crippen molar-refractivity contribution in [1.82, 2.24) is 14.9 Å². The summed E-state index contributed by atoms with van der Waals surface area (Å²) in [6.07, 6.45) is 0. The summed E-state index contributed by atoms with van der Waals surface area (Å²) in [5, 5.41) is 2.40. The molecule has 0 spiro atoms. The maximum Gasteiger partial charge on any atom is 0.242 e. The molecular formula is C14H17ClFN3O. The minimum atomic E-state index is -0.457. The smallest absolute Gasteiger partial charge is 0.242 e. The van der Waals surface area contributed by atoms with Crippen LogP contribution in [0.5, 0.6) is 0 Å². The maximum absolute atomic E-state index is 13.3. The van der Waals surface area contributed by atoms with Gasteiger partial charge >= 0.3 is 0 Å². The van der Waals surface area contributed by atoms with Gasteiger partial charge in [0.05, 0.1) is 16.4 Å². The molecule has 2 aromatic rings. The zero-order valence-corrected chi connectivity index (χ0v) is 12.4. The van der Waals surface area contributed by atoms with Gasteiger partial charge in [-0.25, -0.2) is 9.37 Å². The van der Waals surface area contributed by atoms with E-state index in [1.54, 1.807) is 24.5 Å². The number of hydrogen-bond donors (Lipinski definition) is 1. The van der Waals surface area contributed by atoms with E-state index < -0.39 is 6.04 Å². The van der Waals surface area contributed by atoms with E-state index in [1.807, 2.05) is 6.92 Å². The Hall–Kier alpha value is -1.62. The molecule has 2 rings (SSSR count). The van der Waals surface area contributed by atoms with Gasteiger partial charge < -0.3 is 9.88 Å². The molecule has 0 fully saturated rings. The summed E-state index contributed by atoms with van der Waals surface area (Å²) in [6, 6.07) is 3.87. The van der Waals surface area contributed by atoms with Gasteiger partial charge in [0.15, 0.2) is 0 Å². The Balaban J connectivity index is 2.59. The number of hydrogen-bond acceptors (Lipinski definition) is 2. The number of halogens is 2. The molecule has 0 aliphatic rings. The van der Waals surface area contributed by atoms with E-state index in [2.05, 4.69) is 10.3 Å². The van der Waals surface area contributed by atoms with E-state index in [0.717, 1.165) is 0 Å². The van der Waals surface area contributed by atoms with E-state index in [-0.39, 0.29) is 17.1 Å². The van der Waals surface area contributed by atoms with Crippen LogP contribution >= 0.6 is 11.6 Å². The van der Waals surface area contributed by atoms with Crippen LogP contribution in [0.4, 0.5) is 4.39 Å². The Morgan fingerprint density at radius 1 is 1.50 bits per heavy atom. The van der Waals surface area contributed by atoms with Crippen molar-refractivity contribution in [2.45, 2.75) is 32.2 Å².